The molecule has 0 fully saturated rings. The summed E-state index contributed by atoms with van der Waals surface area (Å²) in [5.74, 6) is 0. The molecule has 0 N–H and O–H groups in total. The molecule has 3 aromatic carbocycles. The molecule has 0 saturated heterocycles. The molecule has 0 unspecified atom stereocenters. The summed E-state index contributed by atoms with van der Waals surface area (Å²) < 4.78 is 0. The van der Waals surface area contributed by atoms with E-state index in [1.807, 2.05) is 18.2 Å². The summed E-state index contributed by atoms with van der Waals surface area (Å²) in [6, 6.07) is 25.0. The van der Waals surface area contributed by atoms with Crippen LogP contribution >= 0.6 is 11.8 Å². The van der Waals surface area contributed by atoms with Crippen molar-refractivity contribution in [2.45, 2.75) is 4.90 Å². The maximum atomic E-state index is 4.92. The Kier molecular flexibility index (Phi) is 2.76. The fourth-order valence-corrected chi connectivity index (χ4v) is 4.01. The Bertz CT molecular complexity index is 1000. The Morgan fingerprint density at radius 3 is 2.09 bits per heavy atom. The van der Waals surface area contributed by atoms with E-state index in [2.05, 4.69) is 54.6 Å². The third kappa shape index (κ3) is 1.97. The lowest BCUT2D eigenvalue weighted by Gasteiger charge is -2.17. The maximum Gasteiger partial charge on any atom is 0.128 e. The topological polar surface area (TPSA) is 24.7 Å². The highest BCUT2D eigenvalue weighted by atomic mass is 32.2. The van der Waals surface area contributed by atoms with E-state index < -0.39 is 0 Å². The first-order valence-corrected chi connectivity index (χ1v) is 8.35. The van der Waals surface area contributed by atoms with Crippen LogP contribution in [-0.2, 0) is 0 Å². The standard InChI is InChI=1S/C20H12N2S/c1-2-9-15-13(7-1)14-8-3-4-10-16(14)22-20-19(15)21-17-11-5-6-12-18(17)23-20/h1-12H. The predicted molar refractivity (Wildman–Crippen MR) is 97.5 cm³/mol. The number of aliphatic imine (C=N–C) groups is 2. The molecule has 0 spiro atoms. The van der Waals surface area contributed by atoms with E-state index >= 15 is 0 Å². The van der Waals surface area contributed by atoms with Crippen LogP contribution in [0.5, 0.6) is 0 Å². The Morgan fingerprint density at radius 1 is 0.565 bits per heavy atom. The fraction of sp³-hybridized carbons (Fsp3) is 0. The van der Waals surface area contributed by atoms with E-state index in [9.17, 15) is 0 Å². The van der Waals surface area contributed by atoms with E-state index in [0.717, 1.165) is 38.2 Å². The molecule has 3 aromatic rings. The van der Waals surface area contributed by atoms with Crippen molar-refractivity contribution in [3.63, 3.8) is 0 Å². The average molecular weight is 312 g/mol. The number of hydrogen-bond donors (Lipinski definition) is 0. The van der Waals surface area contributed by atoms with Gasteiger partial charge in [0.05, 0.1) is 11.4 Å². The number of rotatable bonds is 0. The normalized spacial score (nSPS) is 14.4. The molecule has 0 bridgehead atoms. The molecule has 0 aromatic heterocycles. The van der Waals surface area contributed by atoms with Gasteiger partial charge in [-0.25, -0.2) is 9.98 Å². The van der Waals surface area contributed by atoms with Crippen LogP contribution in [0.1, 0.15) is 5.56 Å². The summed E-state index contributed by atoms with van der Waals surface area (Å²) >= 11 is 1.70. The average Bonchev–Trinajstić information content (AvgIpc) is 2.74. The maximum absolute atomic E-state index is 4.92. The number of nitrogens with zero attached hydrogens (tertiary/aromatic N) is 2. The van der Waals surface area contributed by atoms with E-state index in [1.165, 1.54) is 5.56 Å². The second kappa shape index (κ2) is 4.93. The SMILES string of the molecule is c1ccc2c(c1)N=C1C(=Nc3ccccc3-c3ccccc31)S2. The summed E-state index contributed by atoms with van der Waals surface area (Å²) in [6.07, 6.45) is 0. The summed E-state index contributed by atoms with van der Waals surface area (Å²) in [7, 11) is 0. The van der Waals surface area contributed by atoms with E-state index in [0.29, 0.717) is 0 Å². The van der Waals surface area contributed by atoms with Crippen molar-refractivity contribution in [1.29, 1.82) is 0 Å². The van der Waals surface area contributed by atoms with Gasteiger partial charge in [-0.2, -0.15) is 0 Å². The smallest absolute Gasteiger partial charge is 0.128 e. The predicted octanol–water partition coefficient (Wildman–Crippen LogP) is 5.62. The first-order chi connectivity index (χ1) is 11.4. The van der Waals surface area contributed by atoms with Crippen LogP contribution in [0.15, 0.2) is 87.7 Å². The van der Waals surface area contributed by atoms with E-state index in [4.69, 9.17) is 9.98 Å². The van der Waals surface area contributed by atoms with Crippen LogP contribution in [0, 0.1) is 0 Å². The molecule has 2 heterocycles. The van der Waals surface area contributed by atoms with Crippen LogP contribution in [0.2, 0.25) is 0 Å². The summed E-state index contributed by atoms with van der Waals surface area (Å²) in [4.78, 5) is 11.0. The quantitative estimate of drug-likeness (QED) is 0.528. The monoisotopic (exact) mass is 312 g/mol. The summed E-state index contributed by atoms with van der Waals surface area (Å²) in [5, 5.41) is 0.973. The highest BCUT2D eigenvalue weighted by Crippen LogP contribution is 2.43. The molecule has 5 rings (SSSR count). The Labute approximate surface area is 138 Å². The molecule has 0 radical (unpaired) electrons. The van der Waals surface area contributed by atoms with Crippen LogP contribution in [-0.4, -0.2) is 10.8 Å². The minimum absolute atomic E-state index is 0.973. The molecule has 2 aliphatic rings. The fourth-order valence-electron chi connectivity index (χ4n) is 3.04. The van der Waals surface area contributed by atoms with Gasteiger partial charge in [0.25, 0.3) is 0 Å². The number of fused-ring (bicyclic) bond motifs is 6. The minimum atomic E-state index is 0.973. The van der Waals surface area contributed by atoms with Gasteiger partial charge in [0, 0.05) is 16.0 Å². The van der Waals surface area contributed by atoms with Gasteiger partial charge in [0.15, 0.2) is 0 Å². The summed E-state index contributed by atoms with van der Waals surface area (Å²) in [6.45, 7) is 0. The molecule has 0 amide bonds. The lowest BCUT2D eigenvalue weighted by Crippen LogP contribution is -2.14. The van der Waals surface area contributed by atoms with E-state index in [-0.39, 0.29) is 0 Å². The second-order valence-corrected chi connectivity index (χ2v) is 6.54. The van der Waals surface area contributed by atoms with Crippen molar-refractivity contribution in [3.8, 4) is 11.1 Å². The Balaban J connectivity index is 1.87. The minimum Gasteiger partial charge on any atom is -0.244 e. The third-order valence-electron chi connectivity index (χ3n) is 4.11. The zero-order valence-corrected chi connectivity index (χ0v) is 13.0. The molecule has 0 saturated carbocycles. The van der Waals surface area contributed by atoms with Crippen LogP contribution < -0.4 is 0 Å². The molecular weight excluding hydrogens is 300 g/mol. The van der Waals surface area contributed by atoms with Crippen molar-refractivity contribution in [2.75, 3.05) is 0 Å². The highest BCUT2D eigenvalue weighted by Gasteiger charge is 2.26. The number of thioether (sulfide) groups is 1. The van der Waals surface area contributed by atoms with Crippen LogP contribution in [0.4, 0.5) is 11.4 Å². The molecule has 0 atom stereocenters. The molecule has 23 heavy (non-hydrogen) atoms. The largest absolute Gasteiger partial charge is 0.244 e. The van der Waals surface area contributed by atoms with Gasteiger partial charge in [-0.1, -0.05) is 66.4 Å². The number of benzene rings is 3. The van der Waals surface area contributed by atoms with E-state index in [1.54, 1.807) is 11.8 Å². The first kappa shape index (κ1) is 12.9. The molecule has 0 aliphatic carbocycles. The molecule has 2 aliphatic heterocycles. The van der Waals surface area contributed by atoms with Crippen molar-refractivity contribution in [1.82, 2.24) is 0 Å². The molecular formula is C20H12N2S. The highest BCUT2D eigenvalue weighted by molar-refractivity contribution is 8.16. The lowest BCUT2D eigenvalue weighted by atomic mass is 9.97. The number of para-hydroxylation sites is 2. The summed E-state index contributed by atoms with van der Waals surface area (Å²) in [5.41, 5.74) is 6.51. The lowest BCUT2D eigenvalue weighted by molar-refractivity contribution is 1.37. The molecule has 3 heteroatoms. The second-order valence-electron chi connectivity index (χ2n) is 5.51. The third-order valence-corrected chi connectivity index (χ3v) is 5.15. The van der Waals surface area contributed by atoms with Crippen molar-refractivity contribution in [3.05, 3.63) is 78.4 Å². The zero-order valence-electron chi connectivity index (χ0n) is 12.2. The molecule has 108 valence electrons. The Hall–Kier alpha value is -2.65. The zero-order chi connectivity index (χ0) is 15.2. The first-order valence-electron chi connectivity index (χ1n) is 7.53. The van der Waals surface area contributed by atoms with Gasteiger partial charge < -0.3 is 0 Å². The van der Waals surface area contributed by atoms with Crippen LogP contribution in [0.3, 0.4) is 0 Å². The van der Waals surface area contributed by atoms with Crippen molar-refractivity contribution in [2.24, 2.45) is 9.98 Å². The van der Waals surface area contributed by atoms with Crippen molar-refractivity contribution < 1.29 is 0 Å². The van der Waals surface area contributed by atoms with Gasteiger partial charge in [0.2, 0.25) is 0 Å². The van der Waals surface area contributed by atoms with Crippen molar-refractivity contribution >= 4 is 33.9 Å². The van der Waals surface area contributed by atoms with Gasteiger partial charge >= 0.3 is 0 Å². The van der Waals surface area contributed by atoms with Gasteiger partial charge in [0.1, 0.15) is 10.8 Å². The van der Waals surface area contributed by atoms with Gasteiger partial charge in [-0.05, 0) is 23.8 Å². The van der Waals surface area contributed by atoms with Gasteiger partial charge in [-0.15, -0.1) is 0 Å². The van der Waals surface area contributed by atoms with Crippen LogP contribution in [0.25, 0.3) is 11.1 Å². The number of hydrogen-bond acceptors (Lipinski definition) is 3. The molecule has 2 nitrogen and oxygen atoms in total. The van der Waals surface area contributed by atoms with Gasteiger partial charge in [-0.3, -0.25) is 0 Å². The Morgan fingerprint density at radius 2 is 1.22 bits per heavy atom.